The van der Waals surface area contributed by atoms with Crippen molar-refractivity contribution in [1.82, 2.24) is 0 Å². The van der Waals surface area contributed by atoms with Crippen LogP contribution in [-0.2, 0) is 3.63 Å². The SMILES string of the molecule is Cc1cc(SOSc2ccc(O)c(C)c2)ccc1O. The van der Waals surface area contributed by atoms with Gasteiger partial charge in [-0.25, -0.2) is 3.63 Å². The number of rotatable bonds is 4. The fourth-order valence-electron chi connectivity index (χ4n) is 1.46. The minimum absolute atomic E-state index is 0.283. The van der Waals surface area contributed by atoms with E-state index in [-0.39, 0.29) is 11.5 Å². The predicted octanol–water partition coefficient (Wildman–Crippen LogP) is 4.45. The molecule has 0 aromatic heterocycles. The molecule has 0 radical (unpaired) electrons. The molecule has 100 valence electrons. The van der Waals surface area contributed by atoms with Gasteiger partial charge in [-0.1, -0.05) is 0 Å². The number of hydrogen-bond donors (Lipinski definition) is 2. The van der Waals surface area contributed by atoms with Crippen molar-refractivity contribution in [2.45, 2.75) is 23.6 Å². The third-order valence-electron chi connectivity index (χ3n) is 2.60. The van der Waals surface area contributed by atoms with Crippen LogP contribution in [-0.4, -0.2) is 10.2 Å². The second kappa shape index (κ2) is 6.23. The largest absolute Gasteiger partial charge is 0.508 e. The van der Waals surface area contributed by atoms with Gasteiger partial charge in [0.25, 0.3) is 0 Å². The van der Waals surface area contributed by atoms with Crippen LogP contribution in [0.15, 0.2) is 46.2 Å². The summed E-state index contributed by atoms with van der Waals surface area (Å²) in [6, 6.07) is 10.6. The normalized spacial score (nSPS) is 10.6. The Hall–Kier alpha value is -1.30. The minimum Gasteiger partial charge on any atom is -0.508 e. The van der Waals surface area contributed by atoms with Gasteiger partial charge in [-0.15, -0.1) is 0 Å². The Kier molecular flexibility index (Phi) is 4.63. The Morgan fingerprint density at radius 1 is 0.789 bits per heavy atom. The Morgan fingerprint density at radius 3 is 1.58 bits per heavy atom. The number of benzene rings is 2. The molecule has 0 aliphatic heterocycles. The van der Waals surface area contributed by atoms with Crippen LogP contribution >= 0.6 is 24.1 Å². The lowest BCUT2D eigenvalue weighted by molar-refractivity contribution is 0.470. The van der Waals surface area contributed by atoms with E-state index in [2.05, 4.69) is 0 Å². The summed E-state index contributed by atoms with van der Waals surface area (Å²) in [5.74, 6) is 0.567. The molecule has 2 aromatic rings. The molecule has 0 saturated carbocycles. The van der Waals surface area contributed by atoms with Crippen LogP contribution in [0.5, 0.6) is 11.5 Å². The topological polar surface area (TPSA) is 49.7 Å². The molecule has 0 unspecified atom stereocenters. The highest BCUT2D eigenvalue weighted by Gasteiger charge is 2.03. The molecule has 0 fully saturated rings. The molecule has 0 saturated heterocycles. The highest BCUT2D eigenvalue weighted by Crippen LogP contribution is 2.33. The maximum absolute atomic E-state index is 9.42. The number of aromatic hydroxyl groups is 2. The van der Waals surface area contributed by atoms with E-state index in [9.17, 15) is 10.2 Å². The van der Waals surface area contributed by atoms with Gasteiger partial charge in [0.2, 0.25) is 0 Å². The quantitative estimate of drug-likeness (QED) is 0.816. The molecule has 5 heteroatoms. The van der Waals surface area contributed by atoms with Crippen LogP contribution in [0.3, 0.4) is 0 Å². The van der Waals surface area contributed by atoms with Crippen molar-refractivity contribution in [2.24, 2.45) is 0 Å². The Morgan fingerprint density at radius 2 is 1.21 bits per heavy atom. The molecule has 2 rings (SSSR count). The van der Waals surface area contributed by atoms with Crippen LogP contribution in [0.25, 0.3) is 0 Å². The Balaban J connectivity index is 1.92. The summed E-state index contributed by atoms with van der Waals surface area (Å²) in [5.41, 5.74) is 1.64. The van der Waals surface area contributed by atoms with Crippen LogP contribution in [0.4, 0.5) is 0 Å². The average molecular weight is 294 g/mol. The number of hydrogen-bond acceptors (Lipinski definition) is 5. The first-order chi connectivity index (χ1) is 9.06. The summed E-state index contributed by atoms with van der Waals surface area (Å²) in [6.07, 6.45) is 0. The molecule has 0 aliphatic carbocycles. The molecule has 0 atom stereocenters. The Labute approximate surface area is 121 Å². The fraction of sp³-hybridized carbons (Fsp3) is 0.143. The van der Waals surface area contributed by atoms with E-state index >= 15 is 0 Å². The fourth-order valence-corrected chi connectivity index (χ4v) is 2.92. The minimum atomic E-state index is 0.283. The summed E-state index contributed by atoms with van der Waals surface area (Å²) < 4.78 is 5.47. The zero-order valence-electron chi connectivity index (χ0n) is 10.6. The van der Waals surface area contributed by atoms with E-state index in [0.717, 1.165) is 20.9 Å². The monoisotopic (exact) mass is 294 g/mol. The predicted molar refractivity (Wildman–Crippen MR) is 78.5 cm³/mol. The zero-order chi connectivity index (χ0) is 13.8. The molecule has 0 aliphatic rings. The summed E-state index contributed by atoms with van der Waals surface area (Å²) in [5, 5.41) is 18.8. The first-order valence-electron chi connectivity index (χ1n) is 5.66. The van der Waals surface area contributed by atoms with E-state index in [1.54, 1.807) is 24.3 Å². The van der Waals surface area contributed by atoms with Gasteiger partial charge in [0, 0.05) is 33.9 Å². The maximum Gasteiger partial charge on any atom is 0.118 e. The van der Waals surface area contributed by atoms with E-state index in [1.165, 1.54) is 24.1 Å². The molecule has 3 nitrogen and oxygen atoms in total. The van der Waals surface area contributed by atoms with Crippen molar-refractivity contribution in [3.05, 3.63) is 47.5 Å². The molecule has 2 aromatic carbocycles. The molecule has 0 spiro atoms. The molecular formula is C14H14O3S2. The van der Waals surface area contributed by atoms with E-state index < -0.39 is 0 Å². The van der Waals surface area contributed by atoms with Gasteiger partial charge >= 0.3 is 0 Å². The van der Waals surface area contributed by atoms with Gasteiger partial charge in [0.1, 0.15) is 11.5 Å². The Bertz CT molecular complexity index is 533. The lowest BCUT2D eigenvalue weighted by atomic mass is 10.2. The highest BCUT2D eigenvalue weighted by atomic mass is 32.2. The average Bonchev–Trinajstić information content (AvgIpc) is 2.38. The standard InChI is InChI=1S/C14H14O3S2/c1-9-7-11(3-5-13(9)15)18-17-19-12-4-6-14(16)10(2)8-12/h3-8,15-16H,1-2H3. The highest BCUT2D eigenvalue weighted by molar-refractivity contribution is 8.07. The number of phenols is 2. The van der Waals surface area contributed by atoms with Crippen molar-refractivity contribution in [1.29, 1.82) is 0 Å². The van der Waals surface area contributed by atoms with Crippen molar-refractivity contribution < 1.29 is 13.8 Å². The molecule has 19 heavy (non-hydrogen) atoms. The third kappa shape index (κ3) is 3.83. The number of phenolic OH excluding ortho intramolecular Hbond substituents is 2. The van der Waals surface area contributed by atoms with Crippen molar-refractivity contribution in [2.75, 3.05) is 0 Å². The van der Waals surface area contributed by atoms with Gasteiger partial charge in [0.05, 0.1) is 0 Å². The molecule has 0 bridgehead atoms. The van der Waals surface area contributed by atoms with Crippen LogP contribution in [0.2, 0.25) is 0 Å². The van der Waals surface area contributed by atoms with Crippen molar-refractivity contribution >= 4 is 24.1 Å². The smallest absolute Gasteiger partial charge is 0.118 e. The lowest BCUT2D eigenvalue weighted by Crippen LogP contribution is -1.79. The second-order valence-electron chi connectivity index (χ2n) is 4.13. The van der Waals surface area contributed by atoms with Gasteiger partial charge in [-0.05, 0) is 61.4 Å². The summed E-state index contributed by atoms with van der Waals surface area (Å²) >= 11 is 2.48. The lowest BCUT2D eigenvalue weighted by Gasteiger charge is -2.05. The summed E-state index contributed by atoms with van der Waals surface area (Å²) in [6.45, 7) is 3.69. The summed E-state index contributed by atoms with van der Waals surface area (Å²) in [4.78, 5) is 1.86. The van der Waals surface area contributed by atoms with Crippen LogP contribution < -0.4 is 0 Å². The van der Waals surface area contributed by atoms with E-state index in [1.807, 2.05) is 26.0 Å². The second-order valence-corrected chi connectivity index (χ2v) is 5.95. The summed E-state index contributed by atoms with van der Waals surface area (Å²) in [7, 11) is 0. The van der Waals surface area contributed by atoms with Gasteiger partial charge in [0.15, 0.2) is 0 Å². The van der Waals surface area contributed by atoms with Crippen molar-refractivity contribution in [3.8, 4) is 11.5 Å². The van der Waals surface area contributed by atoms with Gasteiger partial charge < -0.3 is 10.2 Å². The third-order valence-corrected chi connectivity index (χ3v) is 4.03. The van der Waals surface area contributed by atoms with Crippen LogP contribution in [0.1, 0.15) is 11.1 Å². The molecule has 0 amide bonds. The van der Waals surface area contributed by atoms with Gasteiger partial charge in [-0.2, -0.15) is 0 Å². The van der Waals surface area contributed by atoms with Gasteiger partial charge in [-0.3, -0.25) is 0 Å². The zero-order valence-corrected chi connectivity index (χ0v) is 12.2. The number of aryl methyl sites for hydroxylation is 2. The molecule has 2 N–H and O–H groups in total. The molecular weight excluding hydrogens is 280 g/mol. The van der Waals surface area contributed by atoms with Crippen molar-refractivity contribution in [3.63, 3.8) is 0 Å². The van der Waals surface area contributed by atoms with Crippen LogP contribution in [0, 0.1) is 13.8 Å². The van der Waals surface area contributed by atoms with E-state index in [0.29, 0.717) is 0 Å². The first-order valence-corrected chi connectivity index (χ1v) is 7.15. The first kappa shape index (κ1) is 14.1. The van der Waals surface area contributed by atoms with E-state index in [4.69, 9.17) is 3.63 Å². The maximum atomic E-state index is 9.42. The molecule has 0 heterocycles.